The maximum absolute atomic E-state index is 13.4. The number of methoxy groups -OCH3 is 2. The molecule has 1 saturated carbocycles. The summed E-state index contributed by atoms with van der Waals surface area (Å²) in [5.74, 6) is -7.79. The average Bonchev–Trinajstić information content (AvgIpc) is 3.36. The lowest BCUT2D eigenvalue weighted by atomic mass is 9.82. The summed E-state index contributed by atoms with van der Waals surface area (Å²) in [5, 5.41) is 0. The van der Waals surface area contributed by atoms with Crippen LogP contribution >= 0.6 is 0 Å². The summed E-state index contributed by atoms with van der Waals surface area (Å²) in [6.45, 7) is 4.66. The highest BCUT2D eigenvalue weighted by Gasteiger charge is 2.33. The van der Waals surface area contributed by atoms with Gasteiger partial charge in [0.2, 0.25) is 0 Å². The van der Waals surface area contributed by atoms with Gasteiger partial charge in [0.05, 0.1) is 56.7 Å². The highest BCUT2D eigenvalue weighted by molar-refractivity contribution is 5.97. The summed E-state index contributed by atoms with van der Waals surface area (Å²) in [5.41, 5.74) is -0.302. The fourth-order valence-corrected chi connectivity index (χ4v) is 6.46. The normalized spacial score (nSPS) is 13.8. The molecule has 3 aromatic rings. The Morgan fingerprint density at radius 2 is 0.986 bits per heavy atom. The molecule has 1 aliphatic rings. The van der Waals surface area contributed by atoms with E-state index >= 15 is 0 Å². The molecular formula is C50H56O21. The van der Waals surface area contributed by atoms with Crippen molar-refractivity contribution in [3.63, 3.8) is 0 Å². The molecule has 4 rings (SSSR count). The third-order valence-corrected chi connectivity index (χ3v) is 10.1. The van der Waals surface area contributed by atoms with Gasteiger partial charge in [-0.1, -0.05) is 6.58 Å². The molecule has 1 fully saturated rings. The summed E-state index contributed by atoms with van der Waals surface area (Å²) in [7, 11) is 2.83. The van der Waals surface area contributed by atoms with E-state index in [1.165, 1.54) is 69.7 Å². The van der Waals surface area contributed by atoms with E-state index in [9.17, 15) is 43.2 Å². The number of unbranched alkanes of at least 4 members (excludes halogenated alkanes) is 1. The molecule has 0 aliphatic heterocycles. The van der Waals surface area contributed by atoms with Crippen LogP contribution in [0.2, 0.25) is 0 Å². The van der Waals surface area contributed by atoms with Gasteiger partial charge in [-0.2, -0.15) is 0 Å². The molecule has 0 atom stereocenters. The van der Waals surface area contributed by atoms with Crippen molar-refractivity contribution < 1.29 is 100.0 Å². The zero-order valence-electron chi connectivity index (χ0n) is 39.6. The third-order valence-electron chi connectivity index (χ3n) is 10.1. The number of ether oxygens (including phenoxy) is 12. The van der Waals surface area contributed by atoms with Gasteiger partial charge in [-0.15, -0.1) is 0 Å². The zero-order valence-corrected chi connectivity index (χ0v) is 39.6. The van der Waals surface area contributed by atoms with Crippen molar-refractivity contribution in [2.75, 3.05) is 67.1 Å². The maximum atomic E-state index is 13.4. The Kier molecular flexibility index (Phi) is 23.7. The number of carbonyl (C=O) groups is 9. The van der Waals surface area contributed by atoms with Crippen molar-refractivity contribution in [3.8, 4) is 28.7 Å². The molecule has 3 aromatic carbocycles. The first kappa shape index (κ1) is 55.9. The van der Waals surface area contributed by atoms with Crippen molar-refractivity contribution in [3.05, 3.63) is 90.0 Å². The summed E-state index contributed by atoms with van der Waals surface area (Å²) < 4.78 is 62.8. The van der Waals surface area contributed by atoms with Crippen LogP contribution in [0.15, 0.2) is 73.3 Å². The topological polar surface area (TPSA) is 264 Å². The van der Waals surface area contributed by atoms with Gasteiger partial charge < -0.3 is 56.8 Å². The maximum Gasteiger partial charge on any atom is 0.343 e. The molecule has 382 valence electrons. The molecule has 0 radical (unpaired) electrons. The predicted molar refractivity (Wildman–Crippen MR) is 244 cm³/mol. The van der Waals surface area contributed by atoms with Gasteiger partial charge in [-0.05, 0) is 99.2 Å². The number of benzene rings is 3. The quantitative estimate of drug-likeness (QED) is 0.0285. The monoisotopic (exact) mass is 992 g/mol. The number of carbonyl (C=O) groups excluding carboxylic acids is 9. The van der Waals surface area contributed by atoms with Crippen LogP contribution in [-0.2, 0) is 61.9 Å². The van der Waals surface area contributed by atoms with Crippen molar-refractivity contribution in [2.24, 2.45) is 11.8 Å². The van der Waals surface area contributed by atoms with Crippen LogP contribution in [0, 0.1) is 11.8 Å². The average molecular weight is 993 g/mol. The van der Waals surface area contributed by atoms with Crippen LogP contribution in [0.4, 0.5) is 0 Å². The molecule has 0 amide bonds. The third kappa shape index (κ3) is 19.7. The number of hydrogen-bond acceptors (Lipinski definition) is 21. The Morgan fingerprint density at radius 3 is 1.51 bits per heavy atom. The lowest BCUT2D eigenvalue weighted by Gasteiger charge is -2.26. The van der Waals surface area contributed by atoms with Crippen LogP contribution < -0.4 is 23.7 Å². The first-order chi connectivity index (χ1) is 34.2. The summed E-state index contributed by atoms with van der Waals surface area (Å²) in [6.07, 6.45) is 2.46. The Bertz CT molecular complexity index is 2330. The standard InChI is InChI=1S/C50H56O21/c1-5-43(52)64-23-7-6-22-63-36-14-12-35(13-15-36)48(57)71-42-19-17-38(31-40(42)50(59)67-27-25-61-4)69-47(56)34-10-8-33(9-11-34)46(55)68-37-16-18-41(39(30-37)49(58)66-26-24-60-3)70-45(54)21-20-44(53)65-29-28-62-32(2)51/h5,12-19,30-31,33-34H,1,6-11,20-29H2,2-4H3. The molecule has 1 aliphatic carbocycles. The molecule has 0 saturated heterocycles. The van der Waals surface area contributed by atoms with Crippen LogP contribution in [0.3, 0.4) is 0 Å². The first-order valence-electron chi connectivity index (χ1n) is 22.5. The smallest absolute Gasteiger partial charge is 0.343 e. The van der Waals surface area contributed by atoms with Crippen LogP contribution in [0.25, 0.3) is 0 Å². The lowest BCUT2D eigenvalue weighted by Crippen LogP contribution is -2.30. The summed E-state index contributed by atoms with van der Waals surface area (Å²) in [4.78, 5) is 113. The Hall–Kier alpha value is -7.65. The van der Waals surface area contributed by atoms with Crippen LogP contribution in [-0.4, -0.2) is 121 Å². The minimum atomic E-state index is -0.915. The molecular weight excluding hydrogens is 937 g/mol. The summed E-state index contributed by atoms with van der Waals surface area (Å²) >= 11 is 0. The highest BCUT2D eigenvalue weighted by Crippen LogP contribution is 2.34. The predicted octanol–water partition coefficient (Wildman–Crippen LogP) is 5.51. The molecule has 0 unspecified atom stereocenters. The van der Waals surface area contributed by atoms with E-state index in [0.717, 1.165) is 6.08 Å². The van der Waals surface area contributed by atoms with Gasteiger partial charge in [-0.3, -0.25) is 24.0 Å². The van der Waals surface area contributed by atoms with Gasteiger partial charge in [0, 0.05) is 27.2 Å². The number of hydrogen-bond donors (Lipinski definition) is 0. The lowest BCUT2D eigenvalue weighted by molar-refractivity contribution is -0.152. The fraction of sp³-hybridized carbons (Fsp3) is 0.420. The van der Waals surface area contributed by atoms with Crippen molar-refractivity contribution >= 4 is 53.7 Å². The number of esters is 9. The molecule has 71 heavy (non-hydrogen) atoms. The highest BCUT2D eigenvalue weighted by atomic mass is 16.6. The van der Waals surface area contributed by atoms with Gasteiger partial charge >= 0.3 is 53.7 Å². The van der Waals surface area contributed by atoms with Crippen molar-refractivity contribution in [2.45, 2.75) is 58.3 Å². The molecule has 0 heterocycles. The Balaban J connectivity index is 1.33. The minimum absolute atomic E-state index is 0.0309. The second-order valence-electron chi connectivity index (χ2n) is 15.3. The molecule has 21 nitrogen and oxygen atoms in total. The van der Waals surface area contributed by atoms with Gasteiger partial charge in [-0.25, -0.2) is 19.2 Å². The van der Waals surface area contributed by atoms with Crippen molar-refractivity contribution in [1.82, 2.24) is 0 Å². The molecule has 0 bridgehead atoms. The fourth-order valence-electron chi connectivity index (χ4n) is 6.46. The van der Waals surface area contributed by atoms with Gasteiger partial charge in [0.25, 0.3) is 0 Å². The second kappa shape index (κ2) is 30.1. The Labute approximate surface area is 408 Å². The molecule has 0 spiro atoms. The minimum Gasteiger partial charge on any atom is -0.494 e. The first-order valence-corrected chi connectivity index (χ1v) is 22.5. The van der Waals surface area contributed by atoms with E-state index in [-0.39, 0.29) is 118 Å². The SMILES string of the molecule is C=CC(=O)OCCCCOc1ccc(C(=O)Oc2ccc(OC(=O)C3CCC(C(=O)Oc4ccc(OC(=O)CCC(=O)OCCOC(C)=O)c(C(=O)OCCOC)c4)CC3)cc2C(=O)OCCOC)cc1. The Morgan fingerprint density at radius 1 is 0.507 bits per heavy atom. The van der Waals surface area contributed by atoms with Crippen LogP contribution in [0.1, 0.15) is 89.4 Å². The van der Waals surface area contributed by atoms with E-state index in [0.29, 0.717) is 25.2 Å². The zero-order chi connectivity index (χ0) is 51.5. The van der Waals surface area contributed by atoms with E-state index < -0.39 is 72.0 Å². The summed E-state index contributed by atoms with van der Waals surface area (Å²) in [6, 6.07) is 13.7. The van der Waals surface area contributed by atoms with Crippen LogP contribution in [0.5, 0.6) is 28.7 Å². The second-order valence-corrected chi connectivity index (χ2v) is 15.3. The molecule has 21 heteroatoms. The van der Waals surface area contributed by atoms with E-state index in [2.05, 4.69) is 11.3 Å². The van der Waals surface area contributed by atoms with Gasteiger partial charge in [0.15, 0.2) is 0 Å². The molecule has 0 N–H and O–H groups in total. The van der Waals surface area contributed by atoms with E-state index in [1.54, 1.807) is 12.1 Å². The van der Waals surface area contributed by atoms with Crippen molar-refractivity contribution in [1.29, 1.82) is 0 Å². The largest absolute Gasteiger partial charge is 0.494 e. The van der Waals surface area contributed by atoms with E-state index in [1.807, 2.05) is 0 Å². The van der Waals surface area contributed by atoms with Gasteiger partial charge in [0.1, 0.15) is 66.3 Å². The number of rotatable bonds is 28. The molecule has 0 aromatic heterocycles. The van der Waals surface area contributed by atoms with E-state index in [4.69, 9.17) is 52.1 Å².